The van der Waals surface area contributed by atoms with Crippen molar-refractivity contribution < 1.29 is 19.1 Å². The van der Waals surface area contributed by atoms with E-state index in [4.69, 9.17) is 9.47 Å². The quantitative estimate of drug-likeness (QED) is 0.804. The largest absolute Gasteiger partial charge is 0.489 e. The van der Waals surface area contributed by atoms with Crippen LogP contribution in [0.4, 0.5) is 5.69 Å². The fourth-order valence-electron chi connectivity index (χ4n) is 4.79. The molecule has 0 bridgehead atoms. The second kappa shape index (κ2) is 8.30. The second-order valence-electron chi connectivity index (χ2n) is 8.41. The van der Waals surface area contributed by atoms with Gasteiger partial charge in [-0.25, -0.2) is 9.67 Å². The molecule has 31 heavy (non-hydrogen) atoms. The van der Waals surface area contributed by atoms with E-state index in [0.717, 1.165) is 51.1 Å². The Morgan fingerprint density at radius 2 is 2.00 bits per heavy atom. The highest BCUT2D eigenvalue weighted by molar-refractivity contribution is 6.02. The van der Waals surface area contributed by atoms with Crippen molar-refractivity contribution in [1.29, 1.82) is 0 Å². The Labute approximate surface area is 180 Å². The van der Waals surface area contributed by atoms with Crippen molar-refractivity contribution in [3.8, 4) is 5.75 Å². The van der Waals surface area contributed by atoms with Crippen molar-refractivity contribution in [2.75, 3.05) is 31.8 Å². The van der Waals surface area contributed by atoms with Gasteiger partial charge >= 0.3 is 0 Å². The van der Waals surface area contributed by atoms with Gasteiger partial charge in [-0.1, -0.05) is 12.1 Å². The molecular formula is C22H27N5O4. The summed E-state index contributed by atoms with van der Waals surface area (Å²) in [5, 5.41) is 7.35. The number of rotatable bonds is 3. The molecule has 0 saturated carbocycles. The molecule has 9 heteroatoms. The highest BCUT2D eigenvalue weighted by Crippen LogP contribution is 2.35. The molecule has 9 nitrogen and oxygen atoms in total. The first kappa shape index (κ1) is 20.0. The first-order valence-electron chi connectivity index (χ1n) is 11.0. The highest BCUT2D eigenvalue weighted by Gasteiger charge is 2.34. The molecule has 0 radical (unpaired) electrons. The number of aryl methyl sites for hydroxylation is 1. The van der Waals surface area contributed by atoms with Gasteiger partial charge in [0.25, 0.3) is 11.8 Å². The summed E-state index contributed by atoms with van der Waals surface area (Å²) in [6, 6.07) is 6.77. The number of nitrogens with one attached hydrogen (secondary N) is 1. The number of benzene rings is 1. The smallest absolute Gasteiger partial charge is 0.291 e. The normalized spacial score (nSPS) is 24.0. The molecule has 164 valence electrons. The maximum atomic E-state index is 13.0. The lowest BCUT2D eigenvalue weighted by Gasteiger charge is -2.33. The number of carbonyl (C=O) groups excluding carboxylic acids is 2. The second-order valence-corrected chi connectivity index (χ2v) is 8.41. The molecule has 4 heterocycles. The number of hydrogen-bond donors (Lipinski definition) is 1. The molecular weight excluding hydrogens is 398 g/mol. The minimum absolute atomic E-state index is 0.0597. The van der Waals surface area contributed by atoms with Crippen LogP contribution in [-0.4, -0.2) is 59.5 Å². The average Bonchev–Trinajstić information content (AvgIpc) is 3.22. The number of anilines is 1. The molecule has 1 N–H and O–H groups in total. The molecule has 1 aromatic heterocycles. The van der Waals surface area contributed by atoms with Crippen LogP contribution in [0.3, 0.4) is 0 Å². The number of fused-ring (bicyclic) bond motifs is 2. The van der Waals surface area contributed by atoms with Crippen molar-refractivity contribution >= 4 is 17.5 Å². The van der Waals surface area contributed by atoms with Gasteiger partial charge in [0.2, 0.25) is 5.82 Å². The summed E-state index contributed by atoms with van der Waals surface area (Å²) >= 11 is 0. The summed E-state index contributed by atoms with van der Waals surface area (Å²) in [6.45, 7) is 1.61. The number of nitrogens with zero attached hydrogens (tertiary/aromatic N) is 4. The molecule has 2 atom stereocenters. The Morgan fingerprint density at radius 1 is 1.19 bits per heavy atom. The van der Waals surface area contributed by atoms with Crippen LogP contribution < -0.4 is 15.0 Å². The highest BCUT2D eigenvalue weighted by atomic mass is 16.5. The zero-order valence-corrected chi connectivity index (χ0v) is 17.6. The van der Waals surface area contributed by atoms with E-state index >= 15 is 0 Å². The maximum absolute atomic E-state index is 13.0. The third kappa shape index (κ3) is 3.78. The minimum atomic E-state index is -0.809. The molecule has 5 rings (SSSR count). The first-order chi connectivity index (χ1) is 15.1. The summed E-state index contributed by atoms with van der Waals surface area (Å²) in [4.78, 5) is 31.9. The van der Waals surface area contributed by atoms with E-state index in [-0.39, 0.29) is 24.4 Å². The molecule has 0 spiro atoms. The van der Waals surface area contributed by atoms with E-state index in [9.17, 15) is 9.59 Å². The Morgan fingerprint density at radius 3 is 2.84 bits per heavy atom. The van der Waals surface area contributed by atoms with Gasteiger partial charge in [-0.05, 0) is 43.7 Å². The molecule has 2 amide bonds. The summed E-state index contributed by atoms with van der Waals surface area (Å²) in [5.74, 6) is 1.39. The van der Waals surface area contributed by atoms with Crippen LogP contribution in [0.25, 0.3) is 0 Å². The minimum Gasteiger partial charge on any atom is -0.489 e. The van der Waals surface area contributed by atoms with Crippen LogP contribution in [0.15, 0.2) is 24.3 Å². The van der Waals surface area contributed by atoms with Crippen molar-refractivity contribution in [3.63, 3.8) is 0 Å². The van der Waals surface area contributed by atoms with Crippen molar-refractivity contribution in [2.24, 2.45) is 5.92 Å². The van der Waals surface area contributed by atoms with Gasteiger partial charge in [0.1, 0.15) is 24.2 Å². The Bertz CT molecular complexity index is 984. The zero-order chi connectivity index (χ0) is 21.4. The van der Waals surface area contributed by atoms with E-state index in [1.54, 1.807) is 7.05 Å². The Balaban J connectivity index is 1.32. The fraction of sp³-hybridized carbons (Fsp3) is 0.545. The van der Waals surface area contributed by atoms with Crippen molar-refractivity contribution in [2.45, 2.75) is 44.2 Å². The lowest BCUT2D eigenvalue weighted by molar-refractivity contribution is -0.120. The zero-order valence-electron chi connectivity index (χ0n) is 17.6. The Kier molecular flexibility index (Phi) is 5.35. The number of carbonyl (C=O) groups is 2. The monoisotopic (exact) mass is 425 g/mol. The predicted octanol–water partition coefficient (Wildman–Crippen LogP) is 1.74. The van der Waals surface area contributed by atoms with Gasteiger partial charge in [-0.3, -0.25) is 9.59 Å². The number of likely N-dealkylation sites (N-methyl/N-ethyl adjacent to an activating group) is 1. The van der Waals surface area contributed by atoms with Gasteiger partial charge in [0.05, 0.1) is 11.7 Å². The predicted molar refractivity (Wildman–Crippen MR) is 112 cm³/mol. The number of aromatic nitrogens is 3. The standard InChI is InChI=1S/C22H27N5O4/c1-26-17-5-2-3-7-18(17)31-13-15(22(26)29)23-21(28)20-24-19-8-4-6-16(27(19)25-20)14-9-11-30-12-10-14/h2-3,5,7,14-16H,4,6,8-13H2,1H3,(H,23,28)/t15?,16-/m1/s1. The van der Waals surface area contributed by atoms with Gasteiger partial charge in [0.15, 0.2) is 0 Å². The molecule has 2 aromatic rings. The van der Waals surface area contributed by atoms with E-state index in [0.29, 0.717) is 17.4 Å². The van der Waals surface area contributed by atoms with Crippen LogP contribution in [0.2, 0.25) is 0 Å². The van der Waals surface area contributed by atoms with Crippen LogP contribution in [0, 0.1) is 5.92 Å². The first-order valence-corrected chi connectivity index (χ1v) is 11.0. The summed E-state index contributed by atoms with van der Waals surface area (Å²) in [6.07, 6.45) is 4.90. The van der Waals surface area contributed by atoms with Crippen molar-refractivity contribution in [1.82, 2.24) is 20.1 Å². The summed E-state index contributed by atoms with van der Waals surface area (Å²) in [5.41, 5.74) is 0.680. The van der Waals surface area contributed by atoms with Gasteiger partial charge in [-0.2, -0.15) is 0 Å². The van der Waals surface area contributed by atoms with Gasteiger partial charge in [-0.15, -0.1) is 5.10 Å². The topological polar surface area (TPSA) is 98.6 Å². The molecule has 1 unspecified atom stereocenters. The van der Waals surface area contributed by atoms with Gasteiger partial charge < -0.3 is 19.7 Å². The number of para-hydroxylation sites is 2. The maximum Gasteiger partial charge on any atom is 0.291 e. The lowest BCUT2D eigenvalue weighted by atomic mass is 9.87. The third-order valence-electron chi connectivity index (χ3n) is 6.50. The van der Waals surface area contributed by atoms with Crippen LogP contribution in [0.1, 0.15) is 48.2 Å². The molecule has 3 aliphatic heterocycles. The van der Waals surface area contributed by atoms with Crippen molar-refractivity contribution in [3.05, 3.63) is 35.9 Å². The molecule has 1 aromatic carbocycles. The molecule has 0 aliphatic carbocycles. The third-order valence-corrected chi connectivity index (χ3v) is 6.50. The van der Waals surface area contributed by atoms with Crippen LogP contribution in [-0.2, 0) is 16.0 Å². The molecule has 3 aliphatic rings. The fourth-order valence-corrected chi connectivity index (χ4v) is 4.79. The number of amides is 2. The molecule has 1 saturated heterocycles. The Hall–Kier alpha value is -2.94. The van der Waals surface area contributed by atoms with E-state index < -0.39 is 11.9 Å². The average molecular weight is 425 g/mol. The molecule has 1 fully saturated rings. The lowest BCUT2D eigenvalue weighted by Crippen LogP contribution is -2.49. The SMILES string of the molecule is CN1C(=O)C(NC(=O)c2nc3n(n2)[C@@H](C2CCOCC2)CCC3)COc2ccccc21. The van der Waals surface area contributed by atoms with E-state index in [2.05, 4.69) is 15.4 Å². The van der Waals surface area contributed by atoms with Gasteiger partial charge in [0, 0.05) is 26.7 Å². The van der Waals surface area contributed by atoms with E-state index in [1.807, 2.05) is 28.9 Å². The number of hydrogen-bond acceptors (Lipinski definition) is 6. The van der Waals surface area contributed by atoms with Crippen LogP contribution >= 0.6 is 0 Å². The summed E-state index contributed by atoms with van der Waals surface area (Å²) < 4.78 is 13.2. The number of ether oxygens (including phenoxy) is 2. The summed E-state index contributed by atoms with van der Waals surface area (Å²) in [7, 11) is 1.68. The van der Waals surface area contributed by atoms with Crippen LogP contribution in [0.5, 0.6) is 5.75 Å². The van der Waals surface area contributed by atoms with E-state index in [1.165, 1.54) is 4.90 Å².